The molecule has 94 valence electrons. The molecule has 1 amide bonds. The van der Waals surface area contributed by atoms with Gasteiger partial charge in [-0.25, -0.2) is 4.98 Å². The number of carbonyl (C=O) groups excluding carboxylic acids is 1. The zero-order valence-corrected chi connectivity index (χ0v) is 10.5. The highest BCUT2D eigenvalue weighted by atomic mass is 16.2. The fourth-order valence-electron chi connectivity index (χ4n) is 1.31. The number of likely N-dealkylation sites (N-methyl/N-ethyl adjacent to an activating group) is 2. The Bertz CT molecular complexity index is 405. The maximum atomic E-state index is 11.6. The smallest absolute Gasteiger partial charge is 0.241 e. The number of hydrogen-bond acceptors (Lipinski definition) is 5. The molecule has 0 aromatic carbocycles. The molecule has 1 aromatic rings. The second kappa shape index (κ2) is 5.38. The number of nitrogen functional groups attached to an aromatic ring is 2. The lowest BCUT2D eigenvalue weighted by molar-refractivity contribution is -0.127. The van der Waals surface area contributed by atoms with E-state index in [0.717, 1.165) is 0 Å². The molecule has 0 fully saturated rings. The van der Waals surface area contributed by atoms with E-state index in [1.54, 1.807) is 31.1 Å². The van der Waals surface area contributed by atoms with Gasteiger partial charge in [0, 0.05) is 20.6 Å². The number of carbonyl (C=O) groups is 1. The highest BCUT2D eigenvalue weighted by Crippen LogP contribution is 2.18. The second-order valence-corrected chi connectivity index (χ2v) is 3.95. The Hall–Kier alpha value is -1.98. The number of nitrogens with two attached hydrogens (primary N) is 2. The molecule has 1 aromatic heterocycles. The maximum absolute atomic E-state index is 11.6. The van der Waals surface area contributed by atoms with Gasteiger partial charge in [0.05, 0.1) is 12.2 Å². The van der Waals surface area contributed by atoms with Crippen LogP contribution >= 0.6 is 0 Å². The van der Waals surface area contributed by atoms with Crippen molar-refractivity contribution < 1.29 is 4.79 Å². The Kier molecular flexibility index (Phi) is 4.14. The number of nitrogens with zero attached hydrogens (tertiary/aromatic N) is 3. The Morgan fingerprint density at radius 3 is 2.47 bits per heavy atom. The first kappa shape index (κ1) is 13.1. The maximum Gasteiger partial charge on any atom is 0.241 e. The summed E-state index contributed by atoms with van der Waals surface area (Å²) in [6.45, 7) is 2.91. The summed E-state index contributed by atoms with van der Waals surface area (Å²) in [4.78, 5) is 19.2. The average Bonchev–Trinajstić information content (AvgIpc) is 2.29. The summed E-state index contributed by atoms with van der Waals surface area (Å²) in [5.74, 6) is 0.969. The SMILES string of the molecule is CCN(CC(=O)N(C)C)c1ccc(N)c(N)n1. The predicted octanol–water partition coefficient (Wildman–Crippen LogP) is 0.161. The molecule has 1 rings (SSSR count). The fourth-order valence-corrected chi connectivity index (χ4v) is 1.31. The van der Waals surface area contributed by atoms with Crippen LogP contribution in [0, 0.1) is 0 Å². The Morgan fingerprint density at radius 2 is 2.00 bits per heavy atom. The highest BCUT2D eigenvalue weighted by molar-refractivity contribution is 5.80. The van der Waals surface area contributed by atoms with Crippen molar-refractivity contribution in [1.82, 2.24) is 9.88 Å². The molecular weight excluding hydrogens is 218 g/mol. The lowest BCUT2D eigenvalue weighted by Gasteiger charge is -2.23. The minimum absolute atomic E-state index is 0.0176. The molecule has 0 saturated carbocycles. The Morgan fingerprint density at radius 1 is 1.35 bits per heavy atom. The second-order valence-electron chi connectivity index (χ2n) is 3.95. The number of pyridine rings is 1. The molecule has 17 heavy (non-hydrogen) atoms. The summed E-state index contributed by atoms with van der Waals surface area (Å²) >= 11 is 0. The zero-order chi connectivity index (χ0) is 13.0. The average molecular weight is 237 g/mol. The van der Waals surface area contributed by atoms with Gasteiger partial charge in [-0.2, -0.15) is 0 Å². The molecule has 0 saturated heterocycles. The van der Waals surface area contributed by atoms with Crippen LogP contribution in [0.2, 0.25) is 0 Å². The standard InChI is InChI=1S/C11H19N5O/c1-4-16(7-10(17)15(2)3)9-6-5-8(12)11(13)14-9/h5-6H,4,7,12H2,1-3H3,(H2,13,14). The van der Waals surface area contributed by atoms with Crippen LogP contribution in [0.5, 0.6) is 0 Å². The summed E-state index contributed by atoms with van der Waals surface area (Å²) in [7, 11) is 3.45. The molecule has 0 aliphatic rings. The number of amides is 1. The van der Waals surface area contributed by atoms with E-state index in [-0.39, 0.29) is 12.5 Å². The summed E-state index contributed by atoms with van der Waals surface area (Å²) in [6, 6.07) is 3.46. The van der Waals surface area contributed by atoms with Crippen LogP contribution in [0.15, 0.2) is 12.1 Å². The monoisotopic (exact) mass is 237 g/mol. The summed E-state index contributed by atoms with van der Waals surface area (Å²) < 4.78 is 0. The van der Waals surface area contributed by atoms with Crippen molar-refractivity contribution >= 4 is 23.2 Å². The Labute approximate surface area is 101 Å². The van der Waals surface area contributed by atoms with Gasteiger partial charge in [-0.15, -0.1) is 0 Å². The van der Waals surface area contributed by atoms with Crippen molar-refractivity contribution in [1.29, 1.82) is 0 Å². The molecule has 6 heteroatoms. The first-order valence-corrected chi connectivity index (χ1v) is 5.42. The molecule has 0 radical (unpaired) electrons. The van der Waals surface area contributed by atoms with E-state index in [9.17, 15) is 4.79 Å². The van der Waals surface area contributed by atoms with E-state index in [4.69, 9.17) is 11.5 Å². The van der Waals surface area contributed by atoms with Gasteiger partial charge in [0.15, 0.2) is 0 Å². The van der Waals surface area contributed by atoms with Crippen LogP contribution in [0.4, 0.5) is 17.3 Å². The van der Waals surface area contributed by atoms with Crippen LogP contribution in [-0.2, 0) is 4.79 Å². The predicted molar refractivity (Wildman–Crippen MR) is 69.6 cm³/mol. The molecule has 4 N–H and O–H groups in total. The van der Waals surface area contributed by atoms with Gasteiger partial charge in [-0.3, -0.25) is 4.79 Å². The highest BCUT2D eigenvalue weighted by Gasteiger charge is 2.13. The van der Waals surface area contributed by atoms with Gasteiger partial charge in [0.1, 0.15) is 11.6 Å². The minimum Gasteiger partial charge on any atom is -0.396 e. The first-order chi connectivity index (χ1) is 7.95. The lowest BCUT2D eigenvalue weighted by Crippen LogP contribution is -2.37. The van der Waals surface area contributed by atoms with Gasteiger partial charge in [-0.05, 0) is 19.1 Å². The normalized spacial score (nSPS) is 10.1. The van der Waals surface area contributed by atoms with E-state index in [1.807, 2.05) is 11.8 Å². The van der Waals surface area contributed by atoms with Crippen LogP contribution in [0.1, 0.15) is 6.92 Å². The number of rotatable bonds is 4. The summed E-state index contributed by atoms with van der Waals surface area (Å²) in [5, 5.41) is 0. The van der Waals surface area contributed by atoms with Gasteiger partial charge >= 0.3 is 0 Å². The summed E-state index contributed by atoms with van der Waals surface area (Å²) in [6.07, 6.45) is 0. The molecule has 0 unspecified atom stereocenters. The molecule has 0 spiro atoms. The van der Waals surface area contributed by atoms with E-state index < -0.39 is 0 Å². The van der Waals surface area contributed by atoms with Gasteiger partial charge in [0.25, 0.3) is 0 Å². The number of anilines is 3. The zero-order valence-electron chi connectivity index (χ0n) is 10.5. The van der Waals surface area contributed by atoms with Crippen molar-refractivity contribution in [3.05, 3.63) is 12.1 Å². The third-order valence-electron chi connectivity index (χ3n) is 2.47. The molecule has 0 aliphatic carbocycles. The van der Waals surface area contributed by atoms with Crippen molar-refractivity contribution in [3.63, 3.8) is 0 Å². The minimum atomic E-state index is 0.0176. The molecule has 0 bridgehead atoms. The van der Waals surface area contributed by atoms with Crippen molar-refractivity contribution in [2.45, 2.75) is 6.92 Å². The van der Waals surface area contributed by atoms with E-state index in [0.29, 0.717) is 23.9 Å². The van der Waals surface area contributed by atoms with E-state index in [1.165, 1.54) is 0 Å². The molecule has 0 aliphatic heterocycles. The van der Waals surface area contributed by atoms with Crippen LogP contribution in [0.25, 0.3) is 0 Å². The molecule has 6 nitrogen and oxygen atoms in total. The van der Waals surface area contributed by atoms with Crippen molar-refractivity contribution in [2.24, 2.45) is 0 Å². The summed E-state index contributed by atoms with van der Waals surface area (Å²) in [5.41, 5.74) is 11.7. The molecular formula is C11H19N5O. The fraction of sp³-hybridized carbons (Fsp3) is 0.455. The van der Waals surface area contributed by atoms with E-state index in [2.05, 4.69) is 4.98 Å². The number of aromatic nitrogens is 1. The first-order valence-electron chi connectivity index (χ1n) is 5.42. The van der Waals surface area contributed by atoms with Crippen molar-refractivity contribution in [2.75, 3.05) is 43.6 Å². The third-order valence-corrected chi connectivity index (χ3v) is 2.47. The van der Waals surface area contributed by atoms with Crippen LogP contribution in [0.3, 0.4) is 0 Å². The van der Waals surface area contributed by atoms with Gasteiger partial charge in [-0.1, -0.05) is 0 Å². The Balaban J connectivity index is 2.86. The van der Waals surface area contributed by atoms with Gasteiger partial charge in [0.2, 0.25) is 5.91 Å². The van der Waals surface area contributed by atoms with Crippen LogP contribution in [-0.4, -0.2) is 43.0 Å². The topological polar surface area (TPSA) is 88.5 Å². The van der Waals surface area contributed by atoms with E-state index >= 15 is 0 Å². The van der Waals surface area contributed by atoms with Crippen LogP contribution < -0.4 is 16.4 Å². The largest absolute Gasteiger partial charge is 0.396 e. The number of hydrogen-bond donors (Lipinski definition) is 2. The van der Waals surface area contributed by atoms with Gasteiger partial charge < -0.3 is 21.3 Å². The quantitative estimate of drug-likeness (QED) is 0.778. The van der Waals surface area contributed by atoms with Crippen molar-refractivity contribution in [3.8, 4) is 0 Å². The molecule has 0 atom stereocenters. The third kappa shape index (κ3) is 3.24. The lowest BCUT2D eigenvalue weighted by atomic mass is 10.3. The molecule has 1 heterocycles.